The van der Waals surface area contributed by atoms with Crippen molar-refractivity contribution in [3.05, 3.63) is 58.2 Å². The Kier molecular flexibility index (Phi) is 4.91. The van der Waals surface area contributed by atoms with Crippen molar-refractivity contribution in [3.8, 4) is 0 Å². The molecule has 5 rings (SSSR count). The zero-order valence-corrected chi connectivity index (χ0v) is 16.4. The van der Waals surface area contributed by atoms with E-state index in [1.54, 1.807) is 5.57 Å². The van der Waals surface area contributed by atoms with Crippen LogP contribution in [0.5, 0.6) is 0 Å². The second kappa shape index (κ2) is 7.69. The lowest BCUT2D eigenvalue weighted by atomic mass is 9.93. The van der Waals surface area contributed by atoms with Crippen LogP contribution in [0.3, 0.4) is 0 Å². The Balaban J connectivity index is 1.33. The summed E-state index contributed by atoms with van der Waals surface area (Å²) in [5.74, 6) is 0.0334. The van der Waals surface area contributed by atoms with Gasteiger partial charge in [-0.25, -0.2) is 0 Å². The van der Waals surface area contributed by atoms with E-state index in [1.807, 2.05) is 0 Å². The highest BCUT2D eigenvalue weighted by molar-refractivity contribution is 6.31. The molecule has 1 aromatic carbocycles. The molecule has 0 atom stereocenters. The number of morpholine rings is 1. The van der Waals surface area contributed by atoms with Gasteiger partial charge in [0.05, 0.1) is 13.2 Å². The standard InChI is InChI=1S/C24H28N2O2/c27-24-22(16-18-13-19-3-1-2-4-20(19)14-18)21-15-17(5-6-23(21)25-24)7-8-26-9-11-28-12-10-26/h5-6,13,15-16H,1-4,7-12,14H2,(H,25,27). The first-order chi connectivity index (χ1) is 13.8. The van der Waals surface area contributed by atoms with E-state index in [9.17, 15) is 4.79 Å². The monoisotopic (exact) mass is 376 g/mol. The van der Waals surface area contributed by atoms with Gasteiger partial charge in [-0.1, -0.05) is 17.7 Å². The highest BCUT2D eigenvalue weighted by atomic mass is 16.5. The molecular weight excluding hydrogens is 348 g/mol. The van der Waals surface area contributed by atoms with Gasteiger partial charge in [-0.2, -0.15) is 0 Å². The molecule has 0 unspecified atom stereocenters. The molecule has 1 aromatic rings. The van der Waals surface area contributed by atoms with Gasteiger partial charge in [-0.05, 0) is 73.4 Å². The Bertz CT molecular complexity index is 888. The second-order valence-corrected chi connectivity index (χ2v) is 8.33. The number of carbonyl (C=O) groups excluding carboxylic acids is 1. The van der Waals surface area contributed by atoms with Crippen LogP contribution in [0.1, 0.15) is 43.2 Å². The topological polar surface area (TPSA) is 41.6 Å². The van der Waals surface area contributed by atoms with Gasteiger partial charge < -0.3 is 10.1 Å². The third kappa shape index (κ3) is 3.59. The zero-order chi connectivity index (χ0) is 18.9. The van der Waals surface area contributed by atoms with Crippen LogP contribution in [0.4, 0.5) is 5.69 Å². The van der Waals surface area contributed by atoms with Gasteiger partial charge in [0.25, 0.3) is 5.91 Å². The second-order valence-electron chi connectivity index (χ2n) is 8.33. The molecule has 2 heterocycles. The highest BCUT2D eigenvalue weighted by Gasteiger charge is 2.26. The van der Waals surface area contributed by atoms with E-state index in [1.165, 1.54) is 42.4 Å². The minimum atomic E-state index is 0.0334. The molecule has 1 N–H and O–H groups in total. The van der Waals surface area contributed by atoms with Gasteiger partial charge in [-0.15, -0.1) is 0 Å². The summed E-state index contributed by atoms with van der Waals surface area (Å²) in [5.41, 5.74) is 8.55. The SMILES string of the molecule is O=C1Nc2ccc(CCN3CCOCC3)cc2C1=CC1=CC2=C(CCCC2)C1. The maximum atomic E-state index is 12.6. The molecule has 1 saturated heterocycles. The van der Waals surface area contributed by atoms with Crippen molar-refractivity contribution in [3.63, 3.8) is 0 Å². The molecule has 4 nitrogen and oxygen atoms in total. The Morgan fingerprint density at radius 1 is 1.14 bits per heavy atom. The normalized spacial score (nSPS) is 23.6. The summed E-state index contributed by atoms with van der Waals surface area (Å²) in [7, 11) is 0. The number of hydrogen-bond donors (Lipinski definition) is 1. The number of nitrogens with zero attached hydrogens (tertiary/aromatic N) is 1. The number of ether oxygens (including phenoxy) is 1. The van der Waals surface area contributed by atoms with Crippen molar-refractivity contribution >= 4 is 17.2 Å². The Labute approximate surface area is 166 Å². The van der Waals surface area contributed by atoms with Crippen molar-refractivity contribution in [2.45, 2.75) is 38.5 Å². The Hall–Kier alpha value is -2.17. The largest absolute Gasteiger partial charge is 0.379 e. The molecule has 0 radical (unpaired) electrons. The van der Waals surface area contributed by atoms with Crippen LogP contribution >= 0.6 is 0 Å². The van der Waals surface area contributed by atoms with E-state index in [4.69, 9.17) is 4.74 Å². The van der Waals surface area contributed by atoms with E-state index in [0.29, 0.717) is 0 Å². The van der Waals surface area contributed by atoms with Crippen LogP contribution < -0.4 is 5.32 Å². The van der Waals surface area contributed by atoms with Gasteiger partial charge >= 0.3 is 0 Å². The Morgan fingerprint density at radius 3 is 2.86 bits per heavy atom. The number of anilines is 1. The molecule has 0 bridgehead atoms. The van der Waals surface area contributed by atoms with Crippen LogP contribution in [0.15, 0.2) is 47.1 Å². The van der Waals surface area contributed by atoms with Gasteiger partial charge in [0, 0.05) is 36.5 Å². The maximum Gasteiger partial charge on any atom is 0.256 e. The molecule has 4 aliphatic rings. The molecule has 4 heteroatoms. The molecule has 1 fully saturated rings. The van der Waals surface area contributed by atoms with Crippen molar-refractivity contribution in [2.24, 2.45) is 0 Å². The van der Waals surface area contributed by atoms with Crippen LogP contribution in [0.25, 0.3) is 5.57 Å². The number of allylic oxidation sites excluding steroid dienone is 5. The molecule has 2 aliphatic carbocycles. The molecule has 28 heavy (non-hydrogen) atoms. The van der Waals surface area contributed by atoms with E-state index in [-0.39, 0.29) is 5.91 Å². The van der Waals surface area contributed by atoms with Crippen molar-refractivity contribution in [1.82, 2.24) is 4.90 Å². The summed E-state index contributed by atoms with van der Waals surface area (Å²) in [6.07, 6.45) is 11.5. The summed E-state index contributed by atoms with van der Waals surface area (Å²) >= 11 is 0. The molecular formula is C24H28N2O2. The van der Waals surface area contributed by atoms with Gasteiger partial charge in [-0.3, -0.25) is 9.69 Å². The zero-order valence-electron chi connectivity index (χ0n) is 16.4. The summed E-state index contributed by atoms with van der Waals surface area (Å²) < 4.78 is 5.43. The molecule has 0 spiro atoms. The minimum Gasteiger partial charge on any atom is -0.379 e. The van der Waals surface area contributed by atoms with Gasteiger partial charge in [0.2, 0.25) is 0 Å². The van der Waals surface area contributed by atoms with E-state index < -0.39 is 0 Å². The lowest BCUT2D eigenvalue weighted by Gasteiger charge is -2.26. The number of hydrogen-bond acceptors (Lipinski definition) is 3. The van der Waals surface area contributed by atoms with Crippen LogP contribution in [-0.2, 0) is 16.0 Å². The van der Waals surface area contributed by atoms with Crippen LogP contribution in [-0.4, -0.2) is 43.7 Å². The highest BCUT2D eigenvalue weighted by Crippen LogP contribution is 2.39. The van der Waals surface area contributed by atoms with Crippen LogP contribution in [0.2, 0.25) is 0 Å². The summed E-state index contributed by atoms with van der Waals surface area (Å²) in [4.78, 5) is 15.1. The molecule has 0 aromatic heterocycles. The molecule has 1 amide bonds. The van der Waals surface area contributed by atoms with Crippen molar-refractivity contribution in [2.75, 3.05) is 38.2 Å². The average Bonchev–Trinajstić information content (AvgIpc) is 3.27. The number of fused-ring (bicyclic) bond motifs is 1. The maximum absolute atomic E-state index is 12.6. The summed E-state index contributed by atoms with van der Waals surface area (Å²) in [5, 5.41) is 3.04. The fraction of sp³-hybridized carbons (Fsp3) is 0.458. The lowest BCUT2D eigenvalue weighted by molar-refractivity contribution is -0.110. The summed E-state index contributed by atoms with van der Waals surface area (Å²) in [6.45, 7) is 4.75. The molecule has 146 valence electrons. The van der Waals surface area contributed by atoms with Crippen molar-refractivity contribution in [1.29, 1.82) is 0 Å². The lowest BCUT2D eigenvalue weighted by Crippen LogP contribution is -2.37. The number of benzene rings is 1. The number of carbonyl (C=O) groups is 1. The fourth-order valence-electron chi connectivity index (χ4n) is 4.81. The molecule has 2 aliphatic heterocycles. The predicted molar refractivity (Wildman–Crippen MR) is 112 cm³/mol. The van der Waals surface area contributed by atoms with E-state index in [0.717, 1.165) is 62.5 Å². The van der Waals surface area contributed by atoms with E-state index >= 15 is 0 Å². The first-order valence-corrected chi connectivity index (χ1v) is 10.6. The molecule has 0 saturated carbocycles. The number of amides is 1. The third-order valence-corrected chi connectivity index (χ3v) is 6.42. The van der Waals surface area contributed by atoms with Gasteiger partial charge in [0.15, 0.2) is 0 Å². The van der Waals surface area contributed by atoms with Crippen LogP contribution in [0, 0.1) is 0 Å². The minimum absolute atomic E-state index is 0.0334. The first-order valence-electron chi connectivity index (χ1n) is 10.6. The quantitative estimate of drug-likeness (QED) is 0.805. The van der Waals surface area contributed by atoms with E-state index in [2.05, 4.69) is 40.6 Å². The smallest absolute Gasteiger partial charge is 0.256 e. The van der Waals surface area contributed by atoms with Gasteiger partial charge in [0.1, 0.15) is 0 Å². The number of rotatable bonds is 4. The summed E-state index contributed by atoms with van der Waals surface area (Å²) in [6, 6.07) is 6.43. The Morgan fingerprint density at radius 2 is 2.00 bits per heavy atom. The number of nitrogens with one attached hydrogen (secondary N) is 1. The predicted octanol–water partition coefficient (Wildman–Crippen LogP) is 4.10. The third-order valence-electron chi connectivity index (χ3n) is 6.42. The average molecular weight is 377 g/mol. The van der Waals surface area contributed by atoms with Crippen molar-refractivity contribution < 1.29 is 9.53 Å². The fourth-order valence-corrected chi connectivity index (χ4v) is 4.81. The first kappa shape index (κ1) is 17.9.